The Labute approximate surface area is 153 Å². The van der Waals surface area contributed by atoms with Gasteiger partial charge in [0.1, 0.15) is 12.1 Å². The van der Waals surface area contributed by atoms with Gasteiger partial charge in [0.25, 0.3) is 0 Å². The van der Waals surface area contributed by atoms with Gasteiger partial charge in [0, 0.05) is 30.7 Å². The van der Waals surface area contributed by atoms with Crippen LogP contribution in [-0.2, 0) is 6.54 Å². The molecule has 0 spiro atoms. The first-order valence-corrected chi connectivity index (χ1v) is 9.13. The Morgan fingerprint density at radius 3 is 2.85 bits per heavy atom. The average Bonchev–Trinajstić information content (AvgIpc) is 3.08. The van der Waals surface area contributed by atoms with Crippen molar-refractivity contribution in [1.82, 2.24) is 9.97 Å². The molecule has 0 amide bonds. The van der Waals surface area contributed by atoms with Crippen LogP contribution in [0, 0.1) is 0 Å². The van der Waals surface area contributed by atoms with E-state index in [-0.39, 0.29) is 0 Å². The maximum Gasteiger partial charge on any atom is 0.137 e. The Hall–Kier alpha value is -3.02. The average molecular weight is 348 g/mol. The van der Waals surface area contributed by atoms with Gasteiger partial charge in [-0.1, -0.05) is 18.2 Å². The number of anilines is 4. The van der Waals surface area contributed by atoms with Gasteiger partial charge in [0.2, 0.25) is 0 Å². The third-order valence-electron chi connectivity index (χ3n) is 4.77. The fourth-order valence-electron chi connectivity index (χ4n) is 3.40. The van der Waals surface area contributed by atoms with E-state index in [0.717, 1.165) is 47.9 Å². The number of fused-ring (bicyclic) bond motifs is 2. The van der Waals surface area contributed by atoms with Crippen LogP contribution in [0.25, 0.3) is 10.9 Å². The molecule has 0 unspecified atom stereocenters. The molecule has 26 heavy (non-hydrogen) atoms. The summed E-state index contributed by atoms with van der Waals surface area (Å²) in [6.07, 6.45) is 1.63. The molecule has 6 heteroatoms. The van der Waals surface area contributed by atoms with Crippen molar-refractivity contribution in [2.45, 2.75) is 20.4 Å². The van der Waals surface area contributed by atoms with Crippen LogP contribution in [0.15, 0.2) is 42.7 Å². The van der Waals surface area contributed by atoms with Crippen LogP contribution in [0.2, 0.25) is 0 Å². The van der Waals surface area contributed by atoms with Crippen molar-refractivity contribution in [3.8, 4) is 0 Å². The molecule has 0 aliphatic carbocycles. The van der Waals surface area contributed by atoms with Gasteiger partial charge in [-0.3, -0.25) is 0 Å². The zero-order valence-corrected chi connectivity index (χ0v) is 15.2. The standard InChI is InChI=1S/C20H24N6/c1-3-21-16-8-6-5-7-14(16)11-22-20-15-9-18-19(26(4-2)13-25-18)10-17(15)23-12-24-20/h5-10,12,21,25H,3-4,11,13H2,1-2H3,(H,22,23,24). The van der Waals surface area contributed by atoms with Crippen LogP contribution in [0.5, 0.6) is 0 Å². The Kier molecular flexibility index (Phi) is 4.48. The van der Waals surface area contributed by atoms with E-state index in [2.05, 4.69) is 81.1 Å². The predicted molar refractivity (Wildman–Crippen MR) is 109 cm³/mol. The van der Waals surface area contributed by atoms with Gasteiger partial charge in [0.15, 0.2) is 0 Å². The van der Waals surface area contributed by atoms with E-state index >= 15 is 0 Å². The van der Waals surface area contributed by atoms with Gasteiger partial charge in [-0.2, -0.15) is 0 Å². The summed E-state index contributed by atoms with van der Waals surface area (Å²) in [4.78, 5) is 11.3. The van der Waals surface area contributed by atoms with E-state index in [9.17, 15) is 0 Å². The summed E-state index contributed by atoms with van der Waals surface area (Å²) in [5.74, 6) is 0.862. The number of rotatable bonds is 6. The fourth-order valence-corrected chi connectivity index (χ4v) is 3.40. The van der Waals surface area contributed by atoms with E-state index in [0.29, 0.717) is 6.54 Å². The zero-order chi connectivity index (χ0) is 17.9. The second-order valence-electron chi connectivity index (χ2n) is 6.34. The smallest absolute Gasteiger partial charge is 0.137 e. The summed E-state index contributed by atoms with van der Waals surface area (Å²) in [6, 6.07) is 12.6. The molecule has 2 heterocycles. The Morgan fingerprint density at radius 1 is 1.12 bits per heavy atom. The lowest BCUT2D eigenvalue weighted by atomic mass is 10.1. The van der Waals surface area contributed by atoms with Crippen LogP contribution < -0.4 is 20.9 Å². The first-order chi connectivity index (χ1) is 12.8. The van der Waals surface area contributed by atoms with E-state index in [4.69, 9.17) is 0 Å². The molecule has 1 aliphatic heterocycles. The van der Waals surface area contributed by atoms with Crippen molar-refractivity contribution in [3.63, 3.8) is 0 Å². The Morgan fingerprint density at radius 2 is 2.00 bits per heavy atom. The monoisotopic (exact) mass is 348 g/mol. The van der Waals surface area contributed by atoms with Gasteiger partial charge >= 0.3 is 0 Å². The molecule has 0 saturated carbocycles. The summed E-state index contributed by atoms with van der Waals surface area (Å²) in [5.41, 5.74) is 5.69. The van der Waals surface area contributed by atoms with Crippen molar-refractivity contribution >= 4 is 33.8 Å². The maximum atomic E-state index is 4.48. The number of aromatic nitrogens is 2. The second kappa shape index (κ2) is 7.07. The predicted octanol–water partition coefficient (Wildman–Crippen LogP) is 3.88. The minimum absolute atomic E-state index is 0.709. The SMILES string of the molecule is CCNc1ccccc1CNc1ncnc2cc3c(cc12)NCN3CC. The molecule has 0 bridgehead atoms. The Bertz CT molecular complexity index is 923. The molecule has 0 fully saturated rings. The highest BCUT2D eigenvalue weighted by molar-refractivity contribution is 5.97. The third kappa shape index (κ3) is 2.98. The zero-order valence-electron chi connectivity index (χ0n) is 15.2. The molecule has 0 radical (unpaired) electrons. The third-order valence-corrected chi connectivity index (χ3v) is 4.77. The van der Waals surface area contributed by atoms with Crippen molar-refractivity contribution in [2.75, 3.05) is 40.6 Å². The lowest BCUT2D eigenvalue weighted by molar-refractivity contribution is 0.911. The molecule has 134 valence electrons. The minimum Gasteiger partial charge on any atom is -0.385 e. The summed E-state index contributed by atoms with van der Waals surface area (Å²) < 4.78 is 0. The molecule has 1 aromatic heterocycles. The largest absolute Gasteiger partial charge is 0.385 e. The molecule has 4 rings (SSSR count). The van der Waals surface area contributed by atoms with Crippen molar-refractivity contribution in [3.05, 3.63) is 48.3 Å². The molecular formula is C20H24N6. The number of hydrogen-bond acceptors (Lipinski definition) is 6. The van der Waals surface area contributed by atoms with Crippen molar-refractivity contribution in [2.24, 2.45) is 0 Å². The molecule has 3 N–H and O–H groups in total. The van der Waals surface area contributed by atoms with E-state index in [1.165, 1.54) is 11.3 Å². The van der Waals surface area contributed by atoms with Crippen LogP contribution in [-0.4, -0.2) is 29.7 Å². The molecule has 0 saturated heterocycles. The molecule has 0 atom stereocenters. The van der Waals surface area contributed by atoms with Crippen molar-refractivity contribution < 1.29 is 0 Å². The Balaban J connectivity index is 1.64. The minimum atomic E-state index is 0.709. The first-order valence-electron chi connectivity index (χ1n) is 9.13. The topological polar surface area (TPSA) is 65.1 Å². The van der Waals surface area contributed by atoms with E-state index in [1.54, 1.807) is 6.33 Å². The number of nitrogens with zero attached hydrogens (tertiary/aromatic N) is 3. The highest BCUT2D eigenvalue weighted by Gasteiger charge is 2.19. The van der Waals surface area contributed by atoms with Crippen molar-refractivity contribution in [1.29, 1.82) is 0 Å². The van der Waals surface area contributed by atoms with Gasteiger partial charge in [-0.15, -0.1) is 0 Å². The van der Waals surface area contributed by atoms with Gasteiger partial charge < -0.3 is 20.9 Å². The number of nitrogens with one attached hydrogen (secondary N) is 3. The van der Waals surface area contributed by atoms with Crippen LogP contribution in [0.1, 0.15) is 19.4 Å². The molecule has 3 aromatic rings. The summed E-state index contributed by atoms with van der Waals surface area (Å²) in [6.45, 7) is 7.70. The lowest BCUT2D eigenvalue weighted by Crippen LogP contribution is -2.21. The lowest BCUT2D eigenvalue weighted by Gasteiger charge is -2.16. The fraction of sp³-hybridized carbons (Fsp3) is 0.300. The number of para-hydroxylation sites is 1. The van der Waals surface area contributed by atoms with E-state index < -0.39 is 0 Å². The normalized spacial score (nSPS) is 12.8. The highest BCUT2D eigenvalue weighted by atomic mass is 15.3. The molecular weight excluding hydrogens is 324 g/mol. The quantitative estimate of drug-likeness (QED) is 0.628. The van der Waals surface area contributed by atoms with Crippen LogP contribution in [0.3, 0.4) is 0 Å². The second-order valence-corrected chi connectivity index (χ2v) is 6.34. The van der Waals surface area contributed by atoms with Gasteiger partial charge in [0.05, 0.1) is 23.6 Å². The first kappa shape index (κ1) is 16.4. The van der Waals surface area contributed by atoms with Gasteiger partial charge in [-0.25, -0.2) is 9.97 Å². The summed E-state index contributed by atoms with van der Waals surface area (Å²) in [7, 11) is 0. The van der Waals surface area contributed by atoms with Gasteiger partial charge in [-0.05, 0) is 37.6 Å². The highest BCUT2D eigenvalue weighted by Crippen LogP contribution is 2.36. The van der Waals surface area contributed by atoms with Crippen LogP contribution >= 0.6 is 0 Å². The molecule has 2 aromatic carbocycles. The maximum absolute atomic E-state index is 4.48. The summed E-state index contributed by atoms with van der Waals surface area (Å²) in [5, 5.41) is 11.4. The summed E-state index contributed by atoms with van der Waals surface area (Å²) >= 11 is 0. The number of hydrogen-bond donors (Lipinski definition) is 3. The van der Waals surface area contributed by atoms with Crippen LogP contribution in [0.4, 0.5) is 22.9 Å². The number of benzene rings is 2. The van der Waals surface area contributed by atoms with E-state index in [1.807, 2.05) is 0 Å². The molecule has 1 aliphatic rings. The molecule has 6 nitrogen and oxygen atoms in total.